The topological polar surface area (TPSA) is 167 Å². The standard InChI is InChI=1S/C16H12FNO4.C10H5Cl2F3N4O2/c1-10(16(19)20)21-12-3-5-13(6-4-12)22-15-7-2-11(9-18)8-14(15)17;11-5-1-4(10(13,14)15)2-6(12)8(5)18-9(16)7(3-17-18)19(20)21/h2-8,10H,1H3,(H,19,20);1-3H,16H2/t10-;/m1./s1. The Morgan fingerprint density at radius 1 is 1.14 bits per heavy atom. The van der Waals surface area contributed by atoms with Crippen LogP contribution in [0, 0.1) is 27.3 Å². The first kappa shape index (κ1) is 32.4. The summed E-state index contributed by atoms with van der Waals surface area (Å²) in [5.74, 6) is -1.39. The van der Waals surface area contributed by atoms with Crippen LogP contribution in [-0.4, -0.2) is 31.9 Å². The maximum absolute atomic E-state index is 13.7. The highest BCUT2D eigenvalue weighted by Gasteiger charge is 2.33. The highest BCUT2D eigenvalue weighted by Crippen LogP contribution is 2.39. The number of nitrogens with two attached hydrogens (primary N) is 1. The van der Waals surface area contributed by atoms with E-state index >= 15 is 0 Å². The number of carbonyl (C=O) groups is 1. The molecule has 1 heterocycles. The second-order valence-corrected chi connectivity index (χ2v) is 9.11. The number of nitro groups is 1. The van der Waals surface area contributed by atoms with E-state index in [1.165, 1.54) is 43.3 Å². The number of aliphatic carboxylic acids is 1. The van der Waals surface area contributed by atoms with E-state index in [9.17, 15) is 32.5 Å². The van der Waals surface area contributed by atoms with Gasteiger partial charge >= 0.3 is 17.8 Å². The zero-order valence-electron chi connectivity index (χ0n) is 21.5. The van der Waals surface area contributed by atoms with Crippen LogP contribution in [0.25, 0.3) is 5.69 Å². The van der Waals surface area contributed by atoms with Crippen molar-refractivity contribution in [2.45, 2.75) is 19.2 Å². The lowest BCUT2D eigenvalue weighted by Crippen LogP contribution is -2.22. The second kappa shape index (κ2) is 13.3. The van der Waals surface area contributed by atoms with Crippen molar-refractivity contribution in [3.8, 4) is 29.0 Å². The number of rotatable bonds is 7. The summed E-state index contributed by atoms with van der Waals surface area (Å²) >= 11 is 11.5. The van der Waals surface area contributed by atoms with Gasteiger partial charge in [0.1, 0.15) is 23.4 Å². The summed E-state index contributed by atoms with van der Waals surface area (Å²) < 4.78 is 62.9. The van der Waals surface area contributed by atoms with Crippen LogP contribution >= 0.6 is 23.2 Å². The number of benzene rings is 3. The van der Waals surface area contributed by atoms with Crippen molar-refractivity contribution in [3.05, 3.63) is 97.9 Å². The summed E-state index contributed by atoms with van der Waals surface area (Å²) in [7, 11) is 0. The van der Waals surface area contributed by atoms with Crippen molar-refractivity contribution in [1.29, 1.82) is 5.26 Å². The second-order valence-electron chi connectivity index (χ2n) is 8.30. The molecule has 0 unspecified atom stereocenters. The molecule has 17 heteroatoms. The quantitative estimate of drug-likeness (QED) is 0.122. The van der Waals surface area contributed by atoms with E-state index in [0.29, 0.717) is 23.6 Å². The molecule has 0 spiro atoms. The number of anilines is 1. The minimum absolute atomic E-state index is 0.00780. The third-order valence-electron chi connectivity index (χ3n) is 5.31. The van der Waals surface area contributed by atoms with E-state index < -0.39 is 46.1 Å². The van der Waals surface area contributed by atoms with Gasteiger partial charge in [0.15, 0.2) is 17.7 Å². The molecule has 0 amide bonds. The molecule has 0 saturated carbocycles. The first-order valence-corrected chi connectivity index (χ1v) is 12.3. The van der Waals surface area contributed by atoms with Gasteiger partial charge in [0.05, 0.1) is 32.2 Å². The smallest absolute Gasteiger partial charge is 0.416 e. The molecule has 4 rings (SSSR count). The molecule has 3 N–H and O–H groups in total. The summed E-state index contributed by atoms with van der Waals surface area (Å²) in [5, 5.41) is 30.9. The molecule has 4 aromatic rings. The number of nitrogen functional groups attached to an aromatic ring is 1. The average molecular weight is 642 g/mol. The van der Waals surface area contributed by atoms with Crippen molar-refractivity contribution in [3.63, 3.8) is 0 Å². The lowest BCUT2D eigenvalue weighted by atomic mass is 10.2. The molecular weight excluding hydrogens is 625 g/mol. The Hall–Kier alpha value is -5.07. The molecule has 43 heavy (non-hydrogen) atoms. The number of aromatic nitrogens is 2. The number of halogens is 6. The lowest BCUT2D eigenvalue weighted by Gasteiger charge is -2.12. The van der Waals surface area contributed by atoms with Gasteiger partial charge in [-0.1, -0.05) is 23.2 Å². The monoisotopic (exact) mass is 641 g/mol. The van der Waals surface area contributed by atoms with Crippen molar-refractivity contribution in [2.75, 3.05) is 5.73 Å². The normalized spacial score (nSPS) is 11.5. The predicted molar refractivity (Wildman–Crippen MR) is 145 cm³/mol. The molecule has 1 atom stereocenters. The van der Waals surface area contributed by atoms with Gasteiger partial charge in [0, 0.05) is 0 Å². The number of hydrogen-bond acceptors (Lipinski definition) is 8. The summed E-state index contributed by atoms with van der Waals surface area (Å²) in [6, 6.07) is 13.1. The van der Waals surface area contributed by atoms with Crippen molar-refractivity contribution in [2.24, 2.45) is 0 Å². The van der Waals surface area contributed by atoms with Crippen LogP contribution in [0.2, 0.25) is 10.0 Å². The molecule has 0 bridgehead atoms. The Balaban J connectivity index is 0.000000236. The van der Waals surface area contributed by atoms with Crippen molar-refractivity contribution >= 4 is 40.7 Å². The van der Waals surface area contributed by atoms with Crippen LogP contribution in [0.5, 0.6) is 17.2 Å². The van der Waals surface area contributed by atoms with E-state index in [-0.39, 0.29) is 27.0 Å². The van der Waals surface area contributed by atoms with Crippen LogP contribution < -0.4 is 15.2 Å². The maximum Gasteiger partial charge on any atom is 0.416 e. The number of hydrogen-bond donors (Lipinski definition) is 2. The largest absolute Gasteiger partial charge is 0.479 e. The van der Waals surface area contributed by atoms with Gasteiger partial charge in [-0.3, -0.25) is 10.1 Å². The van der Waals surface area contributed by atoms with E-state index in [4.69, 9.17) is 48.8 Å². The van der Waals surface area contributed by atoms with Crippen LogP contribution in [0.15, 0.2) is 60.8 Å². The first-order valence-electron chi connectivity index (χ1n) is 11.5. The Morgan fingerprint density at radius 3 is 2.19 bits per heavy atom. The Labute approximate surface area is 249 Å². The summed E-state index contributed by atoms with van der Waals surface area (Å²) in [5.41, 5.74) is 3.99. The Kier molecular flexibility index (Phi) is 10.0. The average Bonchev–Trinajstić information content (AvgIpc) is 3.31. The van der Waals surface area contributed by atoms with E-state index in [2.05, 4.69) is 5.10 Å². The van der Waals surface area contributed by atoms with Gasteiger partial charge in [-0.15, -0.1) is 0 Å². The molecule has 0 aliphatic heterocycles. The third kappa shape index (κ3) is 8.03. The van der Waals surface area contributed by atoms with Crippen molar-refractivity contribution in [1.82, 2.24) is 9.78 Å². The molecule has 1 aromatic heterocycles. The van der Waals surface area contributed by atoms with Crippen LogP contribution in [0.4, 0.5) is 29.1 Å². The van der Waals surface area contributed by atoms with E-state index in [0.717, 1.165) is 16.9 Å². The summed E-state index contributed by atoms with van der Waals surface area (Å²) in [6.45, 7) is 1.42. The number of carboxylic acids is 1. The van der Waals surface area contributed by atoms with Crippen LogP contribution in [0.3, 0.4) is 0 Å². The molecule has 0 radical (unpaired) electrons. The fraction of sp³-hybridized carbons (Fsp3) is 0.115. The molecule has 0 aliphatic carbocycles. The van der Waals surface area contributed by atoms with Gasteiger partial charge in [-0.05, 0) is 61.5 Å². The number of alkyl halides is 3. The van der Waals surface area contributed by atoms with Gasteiger partial charge in [-0.25, -0.2) is 13.9 Å². The van der Waals surface area contributed by atoms with Gasteiger partial charge < -0.3 is 20.3 Å². The molecule has 0 aliphatic rings. The zero-order valence-corrected chi connectivity index (χ0v) is 23.0. The van der Waals surface area contributed by atoms with Gasteiger partial charge in [0.2, 0.25) is 5.82 Å². The molecule has 0 saturated heterocycles. The number of carboxylic acid groups (broad SMARTS) is 1. The van der Waals surface area contributed by atoms with Crippen molar-refractivity contribution < 1.29 is 41.9 Å². The molecule has 11 nitrogen and oxygen atoms in total. The lowest BCUT2D eigenvalue weighted by molar-refractivity contribution is -0.383. The van der Waals surface area contributed by atoms with Gasteiger partial charge in [-0.2, -0.15) is 23.5 Å². The third-order valence-corrected chi connectivity index (χ3v) is 5.89. The number of nitriles is 1. The molecule has 224 valence electrons. The molecule has 3 aromatic carbocycles. The van der Waals surface area contributed by atoms with Gasteiger partial charge in [0.25, 0.3) is 0 Å². The summed E-state index contributed by atoms with van der Waals surface area (Å²) in [6.07, 6.45) is -4.75. The highest BCUT2D eigenvalue weighted by atomic mass is 35.5. The molecular formula is C26H17Cl2F4N5O6. The van der Waals surface area contributed by atoms with Crippen LogP contribution in [0.1, 0.15) is 18.1 Å². The predicted octanol–water partition coefficient (Wildman–Crippen LogP) is 7.03. The molecule has 0 fully saturated rings. The van der Waals surface area contributed by atoms with Crippen LogP contribution in [-0.2, 0) is 11.0 Å². The zero-order chi connectivity index (χ0) is 32.1. The fourth-order valence-electron chi connectivity index (χ4n) is 3.22. The Morgan fingerprint density at radius 2 is 1.72 bits per heavy atom. The minimum Gasteiger partial charge on any atom is -0.479 e. The Bertz CT molecular complexity index is 1680. The maximum atomic E-state index is 13.7. The SMILES string of the molecule is C[C@@H](Oc1ccc(Oc2ccc(C#N)cc2F)cc1)C(=O)O.Nc1c([N+](=O)[O-])cnn1-c1c(Cl)cc(C(F)(F)F)cc1Cl. The first-order chi connectivity index (χ1) is 20.1. The fourth-order valence-corrected chi connectivity index (χ4v) is 3.87. The number of ether oxygens (including phenoxy) is 2. The summed E-state index contributed by atoms with van der Waals surface area (Å²) in [4.78, 5) is 20.6. The highest BCUT2D eigenvalue weighted by molar-refractivity contribution is 6.38. The van der Waals surface area contributed by atoms with E-state index in [1.807, 2.05) is 6.07 Å². The minimum atomic E-state index is -4.63. The van der Waals surface area contributed by atoms with E-state index in [1.54, 1.807) is 0 Å². The number of nitrogens with zero attached hydrogens (tertiary/aromatic N) is 4.